The second-order valence-corrected chi connectivity index (χ2v) is 12.0. The first-order valence-electron chi connectivity index (χ1n) is 8.84. The van der Waals surface area contributed by atoms with Gasteiger partial charge in [-0.05, 0) is 35.2 Å². The van der Waals surface area contributed by atoms with Gasteiger partial charge in [0.25, 0.3) is 0 Å². The SMILES string of the molecule is CC(C)(C)CN(C[C@@H](O)c1ccccc1)S(=O)(=O)c1ccc(S(C)(=O)=O)cc1. The first kappa shape index (κ1) is 22.5. The predicted molar refractivity (Wildman–Crippen MR) is 109 cm³/mol. The highest BCUT2D eigenvalue weighted by Crippen LogP contribution is 2.26. The van der Waals surface area contributed by atoms with E-state index >= 15 is 0 Å². The Bertz CT molecular complexity index is 993. The van der Waals surface area contributed by atoms with Crippen molar-refractivity contribution in [2.45, 2.75) is 36.7 Å². The maximum Gasteiger partial charge on any atom is 0.243 e. The Labute approximate surface area is 167 Å². The molecule has 0 saturated heterocycles. The lowest BCUT2D eigenvalue weighted by molar-refractivity contribution is 0.134. The van der Waals surface area contributed by atoms with Crippen molar-refractivity contribution in [2.24, 2.45) is 5.41 Å². The summed E-state index contributed by atoms with van der Waals surface area (Å²) in [6.07, 6.45) is 0.0900. The van der Waals surface area contributed by atoms with Gasteiger partial charge in [-0.15, -0.1) is 0 Å². The van der Waals surface area contributed by atoms with E-state index in [-0.39, 0.29) is 28.3 Å². The quantitative estimate of drug-likeness (QED) is 0.736. The molecule has 28 heavy (non-hydrogen) atoms. The van der Waals surface area contributed by atoms with Crippen LogP contribution in [0, 0.1) is 5.41 Å². The van der Waals surface area contributed by atoms with Gasteiger partial charge in [-0.25, -0.2) is 16.8 Å². The number of nitrogens with zero attached hydrogens (tertiary/aromatic N) is 1. The molecule has 0 aliphatic rings. The fraction of sp³-hybridized carbons (Fsp3) is 0.400. The molecule has 1 N–H and O–H groups in total. The van der Waals surface area contributed by atoms with E-state index in [1.807, 2.05) is 26.8 Å². The van der Waals surface area contributed by atoms with Gasteiger partial charge in [-0.3, -0.25) is 0 Å². The molecule has 0 amide bonds. The highest BCUT2D eigenvalue weighted by Gasteiger charge is 2.31. The molecule has 0 bridgehead atoms. The molecule has 6 nitrogen and oxygen atoms in total. The number of sulfonamides is 1. The van der Waals surface area contributed by atoms with Crippen molar-refractivity contribution < 1.29 is 21.9 Å². The largest absolute Gasteiger partial charge is 0.387 e. The maximum atomic E-state index is 13.2. The first-order chi connectivity index (χ1) is 12.8. The minimum absolute atomic E-state index is 0.00980. The van der Waals surface area contributed by atoms with Crippen molar-refractivity contribution in [1.29, 1.82) is 0 Å². The van der Waals surface area contributed by atoms with Gasteiger partial charge in [-0.1, -0.05) is 51.1 Å². The second kappa shape index (κ2) is 8.32. The summed E-state index contributed by atoms with van der Waals surface area (Å²) in [4.78, 5) is 0.0440. The lowest BCUT2D eigenvalue weighted by atomic mass is 9.97. The molecule has 1 atom stereocenters. The zero-order chi connectivity index (χ0) is 21.2. The third-order valence-corrected chi connectivity index (χ3v) is 7.06. The van der Waals surface area contributed by atoms with Crippen LogP contribution < -0.4 is 0 Å². The van der Waals surface area contributed by atoms with Crippen LogP contribution in [0.3, 0.4) is 0 Å². The topological polar surface area (TPSA) is 91.8 Å². The molecule has 0 aromatic heterocycles. The summed E-state index contributed by atoms with van der Waals surface area (Å²) in [5, 5.41) is 10.6. The Kier molecular flexibility index (Phi) is 6.70. The maximum absolute atomic E-state index is 13.2. The lowest BCUT2D eigenvalue weighted by Crippen LogP contribution is -2.40. The molecule has 2 aromatic carbocycles. The molecular formula is C20H27NO5S2. The van der Waals surface area contributed by atoms with Crippen LogP contribution in [0.1, 0.15) is 32.4 Å². The van der Waals surface area contributed by atoms with Gasteiger partial charge in [-0.2, -0.15) is 4.31 Å². The molecule has 0 aliphatic heterocycles. The van der Waals surface area contributed by atoms with Gasteiger partial charge >= 0.3 is 0 Å². The molecule has 0 heterocycles. The highest BCUT2D eigenvalue weighted by atomic mass is 32.2. The Morgan fingerprint density at radius 3 is 1.86 bits per heavy atom. The fourth-order valence-corrected chi connectivity index (χ4v) is 5.06. The van der Waals surface area contributed by atoms with Gasteiger partial charge in [0.1, 0.15) is 0 Å². The van der Waals surface area contributed by atoms with Crippen LogP contribution in [-0.4, -0.2) is 45.6 Å². The van der Waals surface area contributed by atoms with E-state index in [4.69, 9.17) is 0 Å². The van der Waals surface area contributed by atoms with Crippen molar-refractivity contribution in [3.63, 3.8) is 0 Å². The Balaban J connectivity index is 2.38. The number of benzene rings is 2. The summed E-state index contributed by atoms with van der Waals surface area (Å²) >= 11 is 0. The zero-order valence-electron chi connectivity index (χ0n) is 16.5. The fourth-order valence-electron chi connectivity index (χ4n) is 2.76. The number of rotatable bonds is 7. The summed E-state index contributed by atoms with van der Waals surface area (Å²) in [5.74, 6) is 0. The van der Waals surface area contributed by atoms with Crippen LogP contribution in [-0.2, 0) is 19.9 Å². The van der Waals surface area contributed by atoms with E-state index in [1.165, 1.54) is 28.6 Å². The van der Waals surface area contributed by atoms with Crippen LogP contribution in [0.25, 0.3) is 0 Å². The van der Waals surface area contributed by atoms with Gasteiger partial charge < -0.3 is 5.11 Å². The van der Waals surface area contributed by atoms with Crippen LogP contribution in [0.2, 0.25) is 0 Å². The Morgan fingerprint density at radius 1 is 0.893 bits per heavy atom. The van der Waals surface area contributed by atoms with Crippen LogP contribution >= 0.6 is 0 Å². The molecule has 0 unspecified atom stereocenters. The Morgan fingerprint density at radius 2 is 1.39 bits per heavy atom. The molecule has 0 spiro atoms. The van der Waals surface area contributed by atoms with Gasteiger partial charge in [0, 0.05) is 19.3 Å². The standard InChI is InChI=1S/C20H27NO5S2/c1-20(2,3)15-21(14-19(22)16-8-6-5-7-9-16)28(25,26)18-12-10-17(11-13-18)27(4,23)24/h5-13,19,22H,14-15H2,1-4H3/t19-/m1/s1. The van der Waals surface area contributed by atoms with Crippen molar-refractivity contribution in [1.82, 2.24) is 4.31 Å². The Hall–Kier alpha value is -1.74. The van der Waals surface area contributed by atoms with E-state index < -0.39 is 26.0 Å². The third kappa shape index (κ3) is 5.88. The molecule has 0 fully saturated rings. The predicted octanol–water partition coefficient (Wildman–Crippen LogP) is 2.86. The number of hydrogen-bond donors (Lipinski definition) is 1. The lowest BCUT2D eigenvalue weighted by Gasteiger charge is -2.31. The molecule has 154 valence electrons. The summed E-state index contributed by atoms with van der Waals surface area (Å²) in [6.45, 7) is 5.84. The van der Waals surface area contributed by atoms with Gasteiger partial charge in [0.15, 0.2) is 9.84 Å². The normalized spacial score (nSPS) is 14.2. The summed E-state index contributed by atoms with van der Waals surface area (Å²) in [5.41, 5.74) is 0.292. The molecule has 8 heteroatoms. The first-order valence-corrected chi connectivity index (χ1v) is 12.2. The second-order valence-electron chi connectivity index (χ2n) is 8.03. The average molecular weight is 426 g/mol. The van der Waals surface area contributed by atoms with Crippen molar-refractivity contribution in [3.8, 4) is 0 Å². The number of hydrogen-bond acceptors (Lipinski definition) is 5. The van der Waals surface area contributed by atoms with Crippen LogP contribution in [0.4, 0.5) is 0 Å². The smallest absolute Gasteiger partial charge is 0.243 e. The monoisotopic (exact) mass is 425 g/mol. The molecule has 2 aromatic rings. The third-order valence-electron chi connectivity index (χ3n) is 4.10. The van der Waals surface area contributed by atoms with Gasteiger partial charge in [0.2, 0.25) is 10.0 Å². The van der Waals surface area contributed by atoms with E-state index in [2.05, 4.69) is 0 Å². The van der Waals surface area contributed by atoms with E-state index in [9.17, 15) is 21.9 Å². The van der Waals surface area contributed by atoms with Crippen LogP contribution in [0.5, 0.6) is 0 Å². The zero-order valence-corrected chi connectivity index (χ0v) is 18.2. The number of sulfone groups is 1. The summed E-state index contributed by atoms with van der Waals surface area (Å²) in [6, 6.07) is 14.0. The molecule has 0 aliphatic carbocycles. The summed E-state index contributed by atoms with van der Waals surface area (Å²) in [7, 11) is -7.34. The molecular weight excluding hydrogens is 398 g/mol. The van der Waals surface area contributed by atoms with Crippen molar-refractivity contribution in [3.05, 3.63) is 60.2 Å². The van der Waals surface area contributed by atoms with E-state index in [0.717, 1.165) is 6.26 Å². The number of aliphatic hydroxyl groups excluding tert-OH is 1. The minimum Gasteiger partial charge on any atom is -0.387 e. The number of aliphatic hydroxyl groups is 1. The summed E-state index contributed by atoms with van der Waals surface area (Å²) < 4.78 is 50.9. The average Bonchev–Trinajstić information content (AvgIpc) is 2.60. The molecule has 0 saturated carbocycles. The van der Waals surface area contributed by atoms with E-state index in [1.54, 1.807) is 24.3 Å². The van der Waals surface area contributed by atoms with Crippen molar-refractivity contribution in [2.75, 3.05) is 19.3 Å². The molecule has 2 rings (SSSR count). The van der Waals surface area contributed by atoms with Gasteiger partial charge in [0.05, 0.1) is 15.9 Å². The highest BCUT2D eigenvalue weighted by molar-refractivity contribution is 7.90. The van der Waals surface area contributed by atoms with Crippen LogP contribution in [0.15, 0.2) is 64.4 Å². The minimum atomic E-state index is -3.92. The van der Waals surface area contributed by atoms with Crippen molar-refractivity contribution >= 4 is 19.9 Å². The molecule has 0 radical (unpaired) electrons. The van der Waals surface area contributed by atoms with E-state index in [0.29, 0.717) is 5.56 Å².